The van der Waals surface area contributed by atoms with E-state index in [2.05, 4.69) is 47.3 Å². The maximum atomic E-state index is 13.1. The van der Waals surface area contributed by atoms with Crippen LogP contribution in [0.3, 0.4) is 0 Å². The third-order valence-electron chi connectivity index (χ3n) is 5.63. The average molecular weight is 382 g/mol. The quantitative estimate of drug-likeness (QED) is 0.557. The summed E-state index contributed by atoms with van der Waals surface area (Å²) in [5.74, 6) is 0.746. The molecule has 1 saturated carbocycles. The molecule has 2 aromatic heterocycles. The number of carbonyl (C=O) groups is 1. The summed E-state index contributed by atoms with van der Waals surface area (Å²) in [6.45, 7) is 4.16. The van der Waals surface area contributed by atoms with Crippen LogP contribution in [0.15, 0.2) is 67.1 Å². The molecule has 0 radical (unpaired) electrons. The first-order valence-corrected chi connectivity index (χ1v) is 9.84. The van der Waals surface area contributed by atoms with Gasteiger partial charge in [-0.25, -0.2) is 9.97 Å². The number of aryl methyl sites for hydroxylation is 2. The van der Waals surface area contributed by atoms with Gasteiger partial charge < -0.3 is 5.32 Å². The third kappa shape index (κ3) is 3.18. The molecule has 0 atom stereocenters. The Hall–Kier alpha value is -3.47. The second-order valence-corrected chi connectivity index (χ2v) is 7.94. The van der Waals surface area contributed by atoms with Gasteiger partial charge in [-0.3, -0.25) is 9.20 Å². The lowest BCUT2D eigenvalue weighted by Gasteiger charge is -2.17. The highest BCUT2D eigenvalue weighted by Crippen LogP contribution is 2.49. The molecular formula is C24H22N4O. The SMILES string of the molecule is Cc1cc(C)cc(C2(C(=O)Nc3ccc(-c4cn5cccnc5n4)cc3)CC2)c1. The van der Waals surface area contributed by atoms with Crippen LogP contribution in [0.2, 0.25) is 0 Å². The monoisotopic (exact) mass is 382 g/mol. The fraction of sp³-hybridized carbons (Fsp3) is 0.208. The highest BCUT2D eigenvalue weighted by molar-refractivity contribution is 6.01. The van der Waals surface area contributed by atoms with Gasteiger partial charge in [0.1, 0.15) is 0 Å². The molecule has 2 aromatic carbocycles. The van der Waals surface area contributed by atoms with Gasteiger partial charge in [0.15, 0.2) is 0 Å². The van der Waals surface area contributed by atoms with Gasteiger partial charge in [0.25, 0.3) is 0 Å². The van der Waals surface area contributed by atoms with Crippen molar-refractivity contribution in [3.63, 3.8) is 0 Å². The Labute approximate surface area is 169 Å². The van der Waals surface area contributed by atoms with Crippen LogP contribution in [0.5, 0.6) is 0 Å². The maximum absolute atomic E-state index is 13.1. The van der Waals surface area contributed by atoms with E-state index in [4.69, 9.17) is 0 Å². The van der Waals surface area contributed by atoms with Crippen LogP contribution in [0.4, 0.5) is 5.69 Å². The van der Waals surface area contributed by atoms with Gasteiger partial charge in [-0.05, 0) is 50.5 Å². The van der Waals surface area contributed by atoms with E-state index < -0.39 is 0 Å². The minimum Gasteiger partial charge on any atom is -0.325 e. The number of fused-ring (bicyclic) bond motifs is 1. The van der Waals surface area contributed by atoms with Crippen LogP contribution in [-0.4, -0.2) is 20.3 Å². The van der Waals surface area contributed by atoms with E-state index in [0.717, 1.165) is 35.3 Å². The zero-order valence-electron chi connectivity index (χ0n) is 16.5. The standard InChI is InChI=1S/C24H22N4O/c1-16-12-17(2)14-19(13-16)24(8-9-24)22(29)26-20-6-4-18(5-7-20)21-15-28-11-3-10-25-23(28)27-21/h3-7,10-15H,8-9H2,1-2H3,(H,26,29). The molecule has 1 fully saturated rings. The normalized spacial score (nSPS) is 14.7. The predicted molar refractivity (Wildman–Crippen MR) is 114 cm³/mol. The molecule has 1 amide bonds. The zero-order chi connectivity index (χ0) is 20.0. The van der Waals surface area contributed by atoms with Gasteiger partial charge in [0.2, 0.25) is 11.7 Å². The fourth-order valence-electron chi connectivity index (χ4n) is 3.97. The minimum atomic E-state index is -0.386. The topological polar surface area (TPSA) is 59.3 Å². The van der Waals surface area contributed by atoms with Gasteiger partial charge >= 0.3 is 0 Å². The van der Waals surface area contributed by atoms with Gasteiger partial charge in [0, 0.05) is 29.8 Å². The first-order chi connectivity index (χ1) is 14.0. The molecule has 5 heteroatoms. The van der Waals surface area contributed by atoms with Gasteiger partial charge in [-0.15, -0.1) is 0 Å². The second kappa shape index (κ2) is 6.55. The molecule has 5 rings (SSSR count). The molecule has 5 nitrogen and oxygen atoms in total. The highest BCUT2D eigenvalue weighted by atomic mass is 16.2. The van der Waals surface area contributed by atoms with Crippen LogP contribution in [0.25, 0.3) is 17.0 Å². The summed E-state index contributed by atoms with van der Waals surface area (Å²) in [5.41, 5.74) is 5.79. The zero-order valence-corrected chi connectivity index (χ0v) is 16.5. The van der Waals surface area contributed by atoms with Crippen molar-refractivity contribution in [2.24, 2.45) is 0 Å². The van der Waals surface area contributed by atoms with Crippen molar-refractivity contribution < 1.29 is 4.79 Å². The second-order valence-electron chi connectivity index (χ2n) is 7.94. The number of aromatic nitrogens is 3. The molecule has 1 N–H and O–H groups in total. The number of hydrogen-bond donors (Lipinski definition) is 1. The summed E-state index contributed by atoms with van der Waals surface area (Å²) in [5, 5.41) is 3.11. The van der Waals surface area contributed by atoms with Gasteiger partial charge in [0.05, 0.1) is 11.1 Å². The molecule has 1 aliphatic carbocycles. The fourth-order valence-corrected chi connectivity index (χ4v) is 3.97. The van der Waals surface area contributed by atoms with Gasteiger partial charge in [-0.2, -0.15) is 0 Å². The Balaban J connectivity index is 1.36. The van der Waals surface area contributed by atoms with Crippen molar-refractivity contribution >= 4 is 17.4 Å². The number of nitrogens with zero attached hydrogens (tertiary/aromatic N) is 3. The number of anilines is 1. The predicted octanol–water partition coefficient (Wildman–Crippen LogP) is 4.68. The number of benzene rings is 2. The first kappa shape index (κ1) is 17.6. The van der Waals surface area contributed by atoms with Crippen molar-refractivity contribution in [3.8, 4) is 11.3 Å². The molecule has 0 spiro atoms. The molecular weight excluding hydrogens is 360 g/mol. The van der Waals surface area contributed by atoms with Crippen LogP contribution >= 0.6 is 0 Å². The number of hydrogen-bond acceptors (Lipinski definition) is 3. The van der Waals surface area contributed by atoms with E-state index in [9.17, 15) is 4.79 Å². The molecule has 1 aliphatic rings. The highest BCUT2D eigenvalue weighted by Gasteiger charge is 2.51. The maximum Gasteiger partial charge on any atom is 0.235 e. The largest absolute Gasteiger partial charge is 0.325 e. The van der Waals surface area contributed by atoms with Crippen molar-refractivity contribution in [3.05, 3.63) is 83.8 Å². The van der Waals surface area contributed by atoms with Crippen molar-refractivity contribution in [2.75, 3.05) is 5.32 Å². The lowest BCUT2D eigenvalue weighted by atomic mass is 9.92. The molecule has 0 bridgehead atoms. The van der Waals surface area contributed by atoms with Crippen LogP contribution in [-0.2, 0) is 10.2 Å². The summed E-state index contributed by atoms with van der Waals surface area (Å²) in [6.07, 6.45) is 7.40. The van der Waals surface area contributed by atoms with Crippen molar-refractivity contribution in [2.45, 2.75) is 32.1 Å². The van der Waals surface area contributed by atoms with Gasteiger partial charge in [-0.1, -0.05) is 41.5 Å². The van der Waals surface area contributed by atoms with Crippen LogP contribution in [0.1, 0.15) is 29.5 Å². The van der Waals surface area contributed by atoms with E-state index in [-0.39, 0.29) is 11.3 Å². The van der Waals surface area contributed by atoms with Crippen molar-refractivity contribution in [1.82, 2.24) is 14.4 Å². The molecule has 29 heavy (non-hydrogen) atoms. The lowest BCUT2D eigenvalue weighted by molar-refractivity contribution is -0.118. The number of nitrogens with one attached hydrogen (secondary N) is 1. The summed E-state index contributed by atoms with van der Waals surface area (Å²) < 4.78 is 1.89. The molecule has 0 unspecified atom stereocenters. The third-order valence-corrected chi connectivity index (χ3v) is 5.63. The summed E-state index contributed by atoms with van der Waals surface area (Å²) >= 11 is 0. The Morgan fingerprint density at radius 1 is 1.07 bits per heavy atom. The van der Waals surface area contributed by atoms with E-state index >= 15 is 0 Å². The Morgan fingerprint density at radius 2 is 1.79 bits per heavy atom. The number of amides is 1. The lowest BCUT2D eigenvalue weighted by Crippen LogP contribution is -2.28. The van der Waals surface area contributed by atoms with E-state index in [1.165, 1.54) is 11.1 Å². The average Bonchev–Trinajstić information content (AvgIpc) is 3.41. The molecule has 0 saturated heterocycles. The Kier molecular flexibility index (Phi) is 3.98. The van der Waals surface area contributed by atoms with Crippen LogP contribution < -0.4 is 5.32 Å². The summed E-state index contributed by atoms with van der Waals surface area (Å²) in [4.78, 5) is 21.9. The molecule has 0 aliphatic heterocycles. The first-order valence-electron chi connectivity index (χ1n) is 9.84. The van der Waals surface area contributed by atoms with Crippen LogP contribution in [0, 0.1) is 13.8 Å². The molecule has 4 aromatic rings. The smallest absolute Gasteiger partial charge is 0.235 e. The van der Waals surface area contributed by atoms with Crippen molar-refractivity contribution in [1.29, 1.82) is 0 Å². The number of rotatable bonds is 4. The Bertz CT molecular complexity index is 1170. The minimum absolute atomic E-state index is 0.0761. The summed E-state index contributed by atoms with van der Waals surface area (Å²) in [6, 6.07) is 16.1. The van der Waals surface area contributed by atoms with E-state index in [1.54, 1.807) is 6.20 Å². The van der Waals surface area contributed by atoms with E-state index in [0.29, 0.717) is 5.78 Å². The molecule has 2 heterocycles. The number of imidazole rings is 1. The molecule has 144 valence electrons. The van der Waals surface area contributed by atoms with E-state index in [1.807, 2.05) is 47.1 Å². The number of carbonyl (C=O) groups excluding carboxylic acids is 1. The Morgan fingerprint density at radius 3 is 2.45 bits per heavy atom. The summed E-state index contributed by atoms with van der Waals surface area (Å²) in [7, 11) is 0.